The third-order valence-electron chi connectivity index (χ3n) is 6.20. The SMILES string of the molecule is CC(C)[C@@H](NC(=O)OCC1c2ccccc2-c2ccccc21)C(=O)N1CCSC(C(=O)O)C1. The second-order valence-corrected chi connectivity index (χ2v) is 9.98. The standard InChI is InChI=1S/C25H28N2O5S/c1-15(2)22(23(28)27-11-12-33-21(13-27)24(29)30)26-25(31)32-14-20-18-9-5-3-7-16(18)17-8-4-6-10-19(17)20/h3-10,15,20-22H,11-14H2,1-2H3,(H,26,31)(H,29,30)/t21?,22-/m1/s1. The summed E-state index contributed by atoms with van der Waals surface area (Å²) in [5.41, 5.74) is 4.53. The Kier molecular flexibility index (Phi) is 6.93. The van der Waals surface area contributed by atoms with Gasteiger partial charge in [0.1, 0.15) is 17.9 Å². The molecule has 1 aliphatic heterocycles. The zero-order valence-corrected chi connectivity index (χ0v) is 19.5. The van der Waals surface area contributed by atoms with Gasteiger partial charge >= 0.3 is 12.1 Å². The molecule has 0 spiro atoms. The Morgan fingerprint density at radius 3 is 2.27 bits per heavy atom. The summed E-state index contributed by atoms with van der Waals surface area (Å²) in [6.45, 7) is 4.46. The van der Waals surface area contributed by atoms with Gasteiger partial charge in [0.15, 0.2) is 0 Å². The molecule has 1 unspecified atom stereocenters. The molecule has 0 saturated carbocycles. The maximum Gasteiger partial charge on any atom is 0.407 e. The minimum atomic E-state index is -0.928. The Morgan fingerprint density at radius 1 is 1.09 bits per heavy atom. The minimum absolute atomic E-state index is 0.0632. The number of amides is 2. The molecule has 2 aromatic rings. The number of hydrogen-bond acceptors (Lipinski definition) is 5. The van der Waals surface area contributed by atoms with Crippen molar-refractivity contribution < 1.29 is 24.2 Å². The first-order valence-electron chi connectivity index (χ1n) is 11.1. The van der Waals surface area contributed by atoms with E-state index in [2.05, 4.69) is 29.6 Å². The molecule has 1 fully saturated rings. The first kappa shape index (κ1) is 23.2. The number of benzene rings is 2. The Morgan fingerprint density at radius 2 is 1.70 bits per heavy atom. The van der Waals surface area contributed by atoms with E-state index in [0.29, 0.717) is 12.3 Å². The second kappa shape index (κ2) is 9.87. The van der Waals surface area contributed by atoms with Gasteiger partial charge in [-0.1, -0.05) is 62.4 Å². The Bertz CT molecular complexity index is 1010. The summed E-state index contributed by atoms with van der Waals surface area (Å²) in [6, 6.07) is 15.4. The summed E-state index contributed by atoms with van der Waals surface area (Å²) in [4.78, 5) is 38.7. The van der Waals surface area contributed by atoms with Crippen LogP contribution in [0.1, 0.15) is 30.9 Å². The largest absolute Gasteiger partial charge is 0.480 e. The molecule has 0 bridgehead atoms. The molecule has 2 atom stereocenters. The van der Waals surface area contributed by atoms with E-state index < -0.39 is 23.4 Å². The van der Waals surface area contributed by atoms with Crippen molar-refractivity contribution in [3.63, 3.8) is 0 Å². The van der Waals surface area contributed by atoms with E-state index in [1.54, 1.807) is 0 Å². The quantitative estimate of drug-likeness (QED) is 0.673. The van der Waals surface area contributed by atoms with Gasteiger partial charge in [-0.2, -0.15) is 0 Å². The average Bonchev–Trinajstić information content (AvgIpc) is 3.14. The third kappa shape index (κ3) is 4.85. The molecular formula is C25H28N2O5S. The Labute approximate surface area is 197 Å². The maximum atomic E-state index is 13.1. The number of ether oxygens (including phenoxy) is 1. The fourth-order valence-electron chi connectivity index (χ4n) is 4.48. The van der Waals surface area contributed by atoms with Crippen LogP contribution in [0.5, 0.6) is 0 Å². The molecule has 2 N–H and O–H groups in total. The highest BCUT2D eigenvalue weighted by Crippen LogP contribution is 2.44. The lowest BCUT2D eigenvalue weighted by Crippen LogP contribution is -2.55. The molecule has 4 rings (SSSR count). The number of alkyl carbamates (subject to hydrolysis) is 1. The molecule has 1 heterocycles. The van der Waals surface area contributed by atoms with Crippen LogP contribution in [-0.4, -0.2) is 64.7 Å². The summed E-state index contributed by atoms with van der Waals surface area (Å²) in [6.07, 6.45) is -0.648. The summed E-state index contributed by atoms with van der Waals surface area (Å²) in [5, 5.41) is 11.4. The zero-order valence-electron chi connectivity index (χ0n) is 18.7. The number of hydrogen-bond donors (Lipinski definition) is 2. The van der Waals surface area contributed by atoms with E-state index in [1.807, 2.05) is 38.1 Å². The number of thioether (sulfide) groups is 1. The molecule has 33 heavy (non-hydrogen) atoms. The van der Waals surface area contributed by atoms with Crippen molar-refractivity contribution in [2.45, 2.75) is 31.1 Å². The lowest BCUT2D eigenvalue weighted by molar-refractivity contribution is -0.139. The van der Waals surface area contributed by atoms with Crippen molar-refractivity contribution in [3.05, 3.63) is 59.7 Å². The second-order valence-electron chi connectivity index (χ2n) is 8.67. The highest BCUT2D eigenvalue weighted by Gasteiger charge is 2.35. The molecular weight excluding hydrogens is 440 g/mol. The first-order chi connectivity index (χ1) is 15.9. The smallest absolute Gasteiger partial charge is 0.407 e. The molecule has 1 aliphatic carbocycles. The number of nitrogens with one attached hydrogen (secondary N) is 1. The van der Waals surface area contributed by atoms with Gasteiger partial charge < -0.3 is 20.1 Å². The number of carbonyl (C=O) groups excluding carboxylic acids is 2. The number of fused-ring (bicyclic) bond motifs is 3. The lowest BCUT2D eigenvalue weighted by Gasteiger charge is -2.34. The van der Waals surface area contributed by atoms with E-state index >= 15 is 0 Å². The van der Waals surface area contributed by atoms with Crippen LogP contribution in [0.25, 0.3) is 11.1 Å². The molecule has 0 radical (unpaired) electrons. The number of nitrogens with zero attached hydrogens (tertiary/aromatic N) is 1. The van der Waals surface area contributed by atoms with E-state index in [9.17, 15) is 19.5 Å². The van der Waals surface area contributed by atoms with Gasteiger partial charge in [0.25, 0.3) is 0 Å². The number of rotatable bonds is 6. The highest BCUT2D eigenvalue weighted by atomic mass is 32.2. The molecule has 1 saturated heterocycles. The van der Waals surface area contributed by atoms with E-state index in [-0.39, 0.29) is 30.9 Å². The van der Waals surface area contributed by atoms with Crippen molar-refractivity contribution in [2.24, 2.45) is 5.92 Å². The molecule has 174 valence electrons. The van der Waals surface area contributed by atoms with Gasteiger partial charge in [0.2, 0.25) is 5.91 Å². The molecule has 2 aliphatic rings. The lowest BCUT2D eigenvalue weighted by atomic mass is 9.98. The van der Waals surface area contributed by atoms with Crippen LogP contribution in [0.15, 0.2) is 48.5 Å². The van der Waals surface area contributed by atoms with Crippen LogP contribution in [0, 0.1) is 5.92 Å². The number of carboxylic acids is 1. The molecule has 0 aromatic heterocycles. The van der Waals surface area contributed by atoms with Crippen molar-refractivity contribution in [2.75, 3.05) is 25.4 Å². The fraction of sp³-hybridized carbons (Fsp3) is 0.400. The number of carboxylic acid groups (broad SMARTS) is 1. The van der Waals surface area contributed by atoms with Crippen molar-refractivity contribution >= 4 is 29.7 Å². The van der Waals surface area contributed by atoms with Crippen LogP contribution in [0.3, 0.4) is 0 Å². The molecule has 7 nitrogen and oxygen atoms in total. The third-order valence-corrected chi connectivity index (χ3v) is 7.37. The Hall–Kier alpha value is -3.00. The molecule has 2 amide bonds. The topological polar surface area (TPSA) is 95.9 Å². The van der Waals surface area contributed by atoms with Gasteiger partial charge in [-0.3, -0.25) is 9.59 Å². The summed E-state index contributed by atoms with van der Waals surface area (Å²) in [5.74, 6) is -0.880. The summed E-state index contributed by atoms with van der Waals surface area (Å²) < 4.78 is 5.60. The van der Waals surface area contributed by atoms with Crippen molar-refractivity contribution in [3.8, 4) is 11.1 Å². The van der Waals surface area contributed by atoms with Gasteiger partial charge in [-0.25, -0.2) is 4.79 Å². The van der Waals surface area contributed by atoms with Gasteiger partial charge in [0.05, 0.1) is 0 Å². The van der Waals surface area contributed by atoms with Crippen LogP contribution < -0.4 is 5.32 Å². The van der Waals surface area contributed by atoms with E-state index in [4.69, 9.17) is 4.74 Å². The first-order valence-corrected chi connectivity index (χ1v) is 12.2. The number of carbonyl (C=O) groups is 3. The monoisotopic (exact) mass is 468 g/mol. The minimum Gasteiger partial charge on any atom is -0.480 e. The normalized spacial score (nSPS) is 18.4. The summed E-state index contributed by atoms with van der Waals surface area (Å²) >= 11 is 1.33. The highest BCUT2D eigenvalue weighted by molar-refractivity contribution is 8.00. The van der Waals surface area contributed by atoms with Gasteiger partial charge in [-0.15, -0.1) is 11.8 Å². The predicted molar refractivity (Wildman–Crippen MR) is 127 cm³/mol. The van der Waals surface area contributed by atoms with Gasteiger partial charge in [-0.05, 0) is 28.2 Å². The van der Waals surface area contributed by atoms with Gasteiger partial charge in [0, 0.05) is 24.8 Å². The van der Waals surface area contributed by atoms with E-state index in [1.165, 1.54) is 16.7 Å². The van der Waals surface area contributed by atoms with Crippen molar-refractivity contribution in [1.29, 1.82) is 0 Å². The van der Waals surface area contributed by atoms with Crippen LogP contribution in [-0.2, 0) is 14.3 Å². The van der Waals surface area contributed by atoms with Crippen LogP contribution in [0.4, 0.5) is 4.79 Å². The molecule has 2 aromatic carbocycles. The summed E-state index contributed by atoms with van der Waals surface area (Å²) in [7, 11) is 0. The molecule has 8 heteroatoms. The van der Waals surface area contributed by atoms with Crippen molar-refractivity contribution in [1.82, 2.24) is 10.2 Å². The average molecular weight is 469 g/mol. The van der Waals surface area contributed by atoms with E-state index in [0.717, 1.165) is 22.3 Å². The van der Waals surface area contributed by atoms with Crippen LogP contribution >= 0.6 is 11.8 Å². The maximum absolute atomic E-state index is 13.1. The zero-order chi connectivity index (χ0) is 23.5. The number of aliphatic carboxylic acids is 1. The Balaban J connectivity index is 1.41. The fourth-order valence-corrected chi connectivity index (χ4v) is 5.51. The van der Waals surface area contributed by atoms with Crippen LogP contribution in [0.2, 0.25) is 0 Å². The predicted octanol–water partition coefficient (Wildman–Crippen LogP) is 3.58.